The summed E-state index contributed by atoms with van der Waals surface area (Å²) in [7, 11) is 0. The van der Waals surface area contributed by atoms with Crippen molar-refractivity contribution in [2.24, 2.45) is 5.41 Å². The van der Waals surface area contributed by atoms with Crippen molar-refractivity contribution in [3.05, 3.63) is 29.6 Å². The number of aromatic amines is 1. The Hall–Kier alpha value is -1.84. The number of aromatic carboxylic acids is 1. The highest BCUT2D eigenvalue weighted by Gasteiger charge is 2.48. The number of nitrogens with one attached hydrogen (secondary N) is 1. The first-order valence-corrected chi connectivity index (χ1v) is 5.70. The Morgan fingerprint density at radius 3 is 2.82 bits per heavy atom. The Morgan fingerprint density at radius 2 is 2.24 bits per heavy atom. The molecule has 1 aliphatic carbocycles. The molecule has 4 heteroatoms. The number of carboxylic acid groups (broad SMARTS) is 1. The van der Waals surface area contributed by atoms with Crippen LogP contribution >= 0.6 is 0 Å². The molecule has 0 amide bonds. The monoisotopic (exact) mass is 230 g/mol. The highest BCUT2D eigenvalue weighted by molar-refractivity contribution is 5.92. The Kier molecular flexibility index (Phi) is 1.88. The molecule has 0 bridgehead atoms. The van der Waals surface area contributed by atoms with Gasteiger partial charge in [-0.25, -0.2) is 9.78 Å². The number of H-pyrrole nitrogens is 1. The fourth-order valence-electron chi connectivity index (χ4n) is 2.26. The predicted octanol–water partition coefficient (Wildman–Crippen LogP) is 2.77. The number of aromatic nitrogens is 2. The minimum atomic E-state index is -0.908. The molecule has 0 radical (unpaired) electrons. The van der Waals surface area contributed by atoms with Gasteiger partial charge in [0.2, 0.25) is 0 Å². The molecule has 1 aliphatic rings. The highest BCUT2D eigenvalue weighted by atomic mass is 16.4. The van der Waals surface area contributed by atoms with Crippen LogP contribution in [0, 0.1) is 5.41 Å². The van der Waals surface area contributed by atoms with E-state index in [9.17, 15) is 4.79 Å². The predicted molar refractivity (Wildman–Crippen MR) is 64.2 cm³/mol. The third-order valence-corrected chi connectivity index (χ3v) is 3.59. The summed E-state index contributed by atoms with van der Waals surface area (Å²) in [4.78, 5) is 18.6. The Labute approximate surface area is 98.7 Å². The SMILES string of the molecule is CC1(C)CC1c1nc2ccc(C(=O)O)cc2[nH]1. The summed E-state index contributed by atoms with van der Waals surface area (Å²) in [6, 6.07) is 4.99. The van der Waals surface area contributed by atoms with Crippen LogP contribution in [0.5, 0.6) is 0 Å². The second kappa shape index (κ2) is 3.09. The summed E-state index contributed by atoms with van der Waals surface area (Å²) in [6.07, 6.45) is 1.14. The summed E-state index contributed by atoms with van der Waals surface area (Å²) < 4.78 is 0. The molecular formula is C13H14N2O2. The minimum Gasteiger partial charge on any atom is -0.478 e. The van der Waals surface area contributed by atoms with Gasteiger partial charge in [-0.05, 0) is 30.0 Å². The van der Waals surface area contributed by atoms with Gasteiger partial charge in [-0.1, -0.05) is 13.8 Å². The Balaban J connectivity index is 2.05. The molecule has 1 saturated carbocycles. The van der Waals surface area contributed by atoms with Crippen LogP contribution in [0.1, 0.15) is 42.4 Å². The number of benzene rings is 1. The lowest BCUT2D eigenvalue weighted by Gasteiger charge is -1.97. The van der Waals surface area contributed by atoms with Gasteiger partial charge in [0, 0.05) is 5.92 Å². The maximum atomic E-state index is 10.9. The second-order valence-corrected chi connectivity index (χ2v) is 5.40. The normalized spacial score (nSPS) is 21.6. The number of carboxylic acids is 1. The molecule has 2 N–H and O–H groups in total. The van der Waals surface area contributed by atoms with Gasteiger partial charge in [0.25, 0.3) is 0 Å². The molecule has 1 heterocycles. The van der Waals surface area contributed by atoms with E-state index in [1.165, 1.54) is 0 Å². The van der Waals surface area contributed by atoms with Crippen molar-refractivity contribution in [3.63, 3.8) is 0 Å². The number of fused-ring (bicyclic) bond motifs is 1. The van der Waals surface area contributed by atoms with Crippen molar-refractivity contribution >= 4 is 17.0 Å². The molecule has 1 unspecified atom stereocenters. The van der Waals surface area contributed by atoms with Gasteiger partial charge in [-0.2, -0.15) is 0 Å². The third kappa shape index (κ3) is 1.60. The topological polar surface area (TPSA) is 66.0 Å². The minimum absolute atomic E-state index is 0.294. The summed E-state index contributed by atoms with van der Waals surface area (Å²) in [6.45, 7) is 4.43. The van der Waals surface area contributed by atoms with E-state index < -0.39 is 5.97 Å². The molecule has 1 atom stereocenters. The summed E-state index contributed by atoms with van der Waals surface area (Å²) in [5.41, 5.74) is 2.27. The molecule has 1 aromatic heterocycles. The van der Waals surface area contributed by atoms with Crippen LogP contribution < -0.4 is 0 Å². The van der Waals surface area contributed by atoms with E-state index in [1.807, 2.05) is 0 Å². The van der Waals surface area contributed by atoms with Gasteiger partial charge in [-0.3, -0.25) is 0 Å². The van der Waals surface area contributed by atoms with E-state index in [-0.39, 0.29) is 0 Å². The van der Waals surface area contributed by atoms with Crippen molar-refractivity contribution in [2.75, 3.05) is 0 Å². The lowest BCUT2D eigenvalue weighted by atomic mass is 10.1. The van der Waals surface area contributed by atoms with Crippen LogP contribution in [0.2, 0.25) is 0 Å². The lowest BCUT2D eigenvalue weighted by molar-refractivity contribution is 0.0697. The average Bonchev–Trinajstić information content (AvgIpc) is 2.74. The second-order valence-electron chi connectivity index (χ2n) is 5.40. The van der Waals surface area contributed by atoms with Gasteiger partial charge in [0.1, 0.15) is 5.82 Å². The van der Waals surface area contributed by atoms with Crippen molar-refractivity contribution in [2.45, 2.75) is 26.2 Å². The lowest BCUT2D eigenvalue weighted by Crippen LogP contribution is -1.94. The summed E-state index contributed by atoms with van der Waals surface area (Å²) in [5, 5.41) is 8.92. The van der Waals surface area contributed by atoms with Gasteiger partial charge < -0.3 is 10.1 Å². The van der Waals surface area contributed by atoms with Crippen molar-refractivity contribution < 1.29 is 9.90 Å². The van der Waals surface area contributed by atoms with E-state index >= 15 is 0 Å². The summed E-state index contributed by atoms with van der Waals surface area (Å²) in [5.74, 6) is 0.547. The van der Waals surface area contributed by atoms with E-state index in [1.54, 1.807) is 18.2 Å². The van der Waals surface area contributed by atoms with Gasteiger partial charge >= 0.3 is 5.97 Å². The van der Waals surface area contributed by atoms with Gasteiger partial charge in [0.15, 0.2) is 0 Å². The van der Waals surface area contributed by atoms with E-state index in [2.05, 4.69) is 23.8 Å². The molecule has 2 aromatic rings. The maximum Gasteiger partial charge on any atom is 0.335 e. The number of carbonyl (C=O) groups is 1. The molecule has 1 aromatic carbocycles. The first-order valence-electron chi connectivity index (χ1n) is 5.70. The number of imidazole rings is 1. The smallest absolute Gasteiger partial charge is 0.335 e. The van der Waals surface area contributed by atoms with Gasteiger partial charge in [0.05, 0.1) is 16.6 Å². The Bertz CT molecular complexity index is 613. The Morgan fingerprint density at radius 1 is 1.53 bits per heavy atom. The molecule has 88 valence electrons. The van der Waals surface area contributed by atoms with E-state index in [0.29, 0.717) is 16.9 Å². The van der Waals surface area contributed by atoms with E-state index in [4.69, 9.17) is 5.11 Å². The van der Waals surface area contributed by atoms with Crippen molar-refractivity contribution in [1.82, 2.24) is 9.97 Å². The first-order chi connectivity index (χ1) is 7.97. The number of nitrogens with zero attached hydrogens (tertiary/aromatic N) is 1. The zero-order valence-corrected chi connectivity index (χ0v) is 9.82. The first kappa shape index (κ1) is 10.3. The van der Waals surface area contributed by atoms with Crippen LogP contribution in [0.25, 0.3) is 11.0 Å². The van der Waals surface area contributed by atoms with Crippen molar-refractivity contribution in [3.8, 4) is 0 Å². The quantitative estimate of drug-likeness (QED) is 0.833. The molecule has 0 aliphatic heterocycles. The third-order valence-electron chi connectivity index (χ3n) is 3.59. The molecule has 0 spiro atoms. The number of hydrogen-bond acceptors (Lipinski definition) is 2. The number of rotatable bonds is 2. The molecule has 1 fully saturated rings. The highest BCUT2D eigenvalue weighted by Crippen LogP contribution is 2.57. The molecular weight excluding hydrogens is 216 g/mol. The standard InChI is InChI=1S/C13H14N2O2/c1-13(2)6-8(13)11-14-9-4-3-7(12(16)17)5-10(9)15-11/h3-5,8H,6H2,1-2H3,(H,14,15)(H,16,17). The molecule has 0 saturated heterocycles. The molecule has 17 heavy (non-hydrogen) atoms. The van der Waals surface area contributed by atoms with Crippen LogP contribution in [-0.4, -0.2) is 21.0 Å². The van der Waals surface area contributed by atoms with Crippen LogP contribution in [-0.2, 0) is 0 Å². The molecule has 3 rings (SSSR count). The maximum absolute atomic E-state index is 10.9. The largest absolute Gasteiger partial charge is 0.478 e. The molecule has 4 nitrogen and oxygen atoms in total. The zero-order valence-electron chi connectivity index (χ0n) is 9.82. The summed E-state index contributed by atoms with van der Waals surface area (Å²) >= 11 is 0. The fourth-order valence-corrected chi connectivity index (χ4v) is 2.26. The zero-order chi connectivity index (χ0) is 12.2. The average molecular weight is 230 g/mol. The van der Waals surface area contributed by atoms with Crippen LogP contribution in [0.3, 0.4) is 0 Å². The van der Waals surface area contributed by atoms with Crippen LogP contribution in [0.4, 0.5) is 0 Å². The van der Waals surface area contributed by atoms with E-state index in [0.717, 1.165) is 23.3 Å². The van der Waals surface area contributed by atoms with Crippen molar-refractivity contribution in [1.29, 1.82) is 0 Å². The number of hydrogen-bond donors (Lipinski definition) is 2. The van der Waals surface area contributed by atoms with Crippen LogP contribution in [0.15, 0.2) is 18.2 Å². The fraction of sp³-hybridized carbons (Fsp3) is 0.385. The van der Waals surface area contributed by atoms with Gasteiger partial charge in [-0.15, -0.1) is 0 Å².